The molecule has 0 radical (unpaired) electrons. The first-order valence-electron chi connectivity index (χ1n) is 26.0. The summed E-state index contributed by atoms with van der Waals surface area (Å²) in [6.45, 7) is 17.0. The molecule has 5 aliphatic rings. The standard InChI is InChI=1S/C57H77N3O12/c1-34(2)14-9-16-36(5)18-11-23-56(7)48(63)30-41-46(62)28-39-44(50(41)71-56)33-60(53(39)66)45(54(67)68)20-13-25-59-32-43-40(52(59)65)29-47(70-55(69)58-26-21-38(61)22-27-58)42-31-49(64)57(8,72-51(42)43)24-12-19-37(6)17-10-15-35(3)4/h14-15,18-19,28-29,38,45,48-49,61-64H,9-13,16-17,20-27,30-33H2,1-8H3,(H,67,68)/b36-18+,37-19+/t45-,48-,49-,56+,57+/m0/s1. The fourth-order valence-corrected chi connectivity index (χ4v) is 10.7. The highest BCUT2D eigenvalue weighted by Gasteiger charge is 2.47. The van der Waals surface area contributed by atoms with Crippen molar-refractivity contribution in [2.75, 3.05) is 19.6 Å². The molecule has 392 valence electrons. The Morgan fingerprint density at radius 1 is 0.736 bits per heavy atom. The lowest BCUT2D eigenvalue weighted by Gasteiger charge is -2.41. The Kier molecular flexibility index (Phi) is 17.0. The third kappa shape index (κ3) is 12.1. The quantitative estimate of drug-likeness (QED) is 0.0836. The predicted molar refractivity (Wildman–Crippen MR) is 273 cm³/mol. The van der Waals surface area contributed by atoms with Crippen molar-refractivity contribution in [1.82, 2.24) is 14.7 Å². The van der Waals surface area contributed by atoms with Gasteiger partial charge in [-0.2, -0.15) is 0 Å². The number of hydrogen-bond acceptors (Lipinski definition) is 11. The molecule has 0 unspecified atom stereocenters. The van der Waals surface area contributed by atoms with E-state index in [1.807, 2.05) is 13.8 Å². The number of likely N-dealkylation sites (tertiary alicyclic amines) is 1. The number of carbonyl (C=O) groups excluding carboxylic acids is 3. The number of carboxylic acids is 1. The number of phenols is 1. The van der Waals surface area contributed by atoms with Gasteiger partial charge in [0.2, 0.25) is 0 Å². The molecule has 5 heterocycles. The van der Waals surface area contributed by atoms with Crippen LogP contribution in [0, 0.1) is 0 Å². The third-order valence-corrected chi connectivity index (χ3v) is 15.4. The molecule has 72 heavy (non-hydrogen) atoms. The van der Waals surface area contributed by atoms with E-state index >= 15 is 0 Å². The molecule has 1 fully saturated rings. The summed E-state index contributed by atoms with van der Waals surface area (Å²) in [5, 5.41) is 54.8. The number of phenolic OH excluding ortho intramolecular Hbond substituents is 1. The van der Waals surface area contributed by atoms with E-state index in [2.05, 4.69) is 65.8 Å². The van der Waals surface area contributed by atoms with Crippen molar-refractivity contribution in [1.29, 1.82) is 0 Å². The van der Waals surface area contributed by atoms with Crippen LogP contribution in [0.15, 0.2) is 58.7 Å². The third-order valence-electron chi connectivity index (χ3n) is 15.4. The molecule has 1 saturated heterocycles. The molecule has 0 aromatic heterocycles. The number of aliphatic hydroxyl groups is 3. The van der Waals surface area contributed by atoms with E-state index in [-0.39, 0.29) is 73.9 Å². The molecular formula is C57H77N3O12. The molecule has 7 rings (SSSR count). The van der Waals surface area contributed by atoms with Gasteiger partial charge in [0.05, 0.1) is 42.5 Å². The molecule has 15 heteroatoms. The van der Waals surface area contributed by atoms with E-state index < -0.39 is 53.5 Å². The van der Waals surface area contributed by atoms with Gasteiger partial charge in [-0.3, -0.25) is 9.59 Å². The lowest BCUT2D eigenvalue weighted by Crippen LogP contribution is -2.49. The molecule has 0 saturated carbocycles. The SMILES string of the molecule is CC(C)=CCC/C(C)=C/CC[C@@]1(C)Oc2c(c(O)cc3c2CN([C@@H](CCCN2Cc4c(cc(OC(=O)N5CCC(O)CC5)c5c4O[C@](C)(CC/C=C(\C)CCC=C(C)C)[C@@H](O)C5)C2=O)C(=O)O)C3=O)C[C@@H]1O. The zero-order chi connectivity index (χ0) is 52.2. The normalized spacial score (nSPS) is 23.4. The molecule has 5 atom stereocenters. The van der Waals surface area contributed by atoms with Gasteiger partial charge in [0.25, 0.3) is 11.8 Å². The summed E-state index contributed by atoms with van der Waals surface area (Å²) < 4.78 is 19.3. The molecular weight excluding hydrogens is 919 g/mol. The van der Waals surface area contributed by atoms with Gasteiger partial charge in [-0.25, -0.2) is 9.59 Å². The second-order valence-electron chi connectivity index (χ2n) is 21.8. The summed E-state index contributed by atoms with van der Waals surface area (Å²) in [6.07, 6.45) is 13.0. The summed E-state index contributed by atoms with van der Waals surface area (Å²) >= 11 is 0. The van der Waals surface area contributed by atoms with Crippen LogP contribution >= 0.6 is 0 Å². The number of carbonyl (C=O) groups is 4. The molecule has 15 nitrogen and oxygen atoms in total. The first kappa shape index (κ1) is 54.1. The Bertz CT molecular complexity index is 2530. The molecule has 0 spiro atoms. The number of benzene rings is 2. The first-order valence-corrected chi connectivity index (χ1v) is 26.0. The minimum atomic E-state index is -1.27. The summed E-state index contributed by atoms with van der Waals surface area (Å²) in [5.74, 6) is -1.51. The Hall–Kier alpha value is -5.64. The van der Waals surface area contributed by atoms with Crippen LogP contribution in [-0.4, -0.2) is 119 Å². The highest BCUT2D eigenvalue weighted by atomic mass is 16.6. The topological polar surface area (TPSA) is 207 Å². The van der Waals surface area contributed by atoms with Gasteiger partial charge in [0.15, 0.2) is 0 Å². The maximum atomic E-state index is 14.3. The summed E-state index contributed by atoms with van der Waals surface area (Å²) in [4.78, 5) is 59.3. The zero-order valence-electron chi connectivity index (χ0n) is 43.6. The van der Waals surface area contributed by atoms with Crippen molar-refractivity contribution < 1.29 is 58.9 Å². The van der Waals surface area contributed by atoms with Gasteiger partial charge in [0, 0.05) is 54.7 Å². The van der Waals surface area contributed by atoms with E-state index in [4.69, 9.17) is 14.2 Å². The van der Waals surface area contributed by atoms with Crippen LogP contribution in [0.3, 0.4) is 0 Å². The van der Waals surface area contributed by atoms with Crippen molar-refractivity contribution >= 4 is 23.9 Å². The van der Waals surface area contributed by atoms with Crippen molar-refractivity contribution in [3.8, 4) is 23.0 Å². The average Bonchev–Trinajstić information content (AvgIpc) is 3.80. The number of allylic oxidation sites excluding steroid dienone is 8. The van der Waals surface area contributed by atoms with Crippen LogP contribution in [0.25, 0.3) is 0 Å². The number of nitrogens with zero attached hydrogens (tertiary/aromatic N) is 3. The Balaban J connectivity index is 1.06. The highest BCUT2D eigenvalue weighted by molar-refractivity contribution is 6.02. The van der Waals surface area contributed by atoms with Crippen LogP contribution in [0.5, 0.6) is 23.0 Å². The molecule has 0 aliphatic carbocycles. The average molecular weight is 996 g/mol. The molecule has 3 amide bonds. The highest BCUT2D eigenvalue weighted by Crippen LogP contribution is 2.49. The summed E-state index contributed by atoms with van der Waals surface area (Å²) in [6, 6.07) is 1.61. The minimum absolute atomic E-state index is 0.00743. The number of hydrogen-bond donors (Lipinski definition) is 5. The van der Waals surface area contributed by atoms with E-state index in [1.54, 1.807) is 4.90 Å². The van der Waals surface area contributed by atoms with Gasteiger partial charge >= 0.3 is 12.1 Å². The zero-order valence-corrected chi connectivity index (χ0v) is 43.6. The van der Waals surface area contributed by atoms with Crippen molar-refractivity contribution in [3.63, 3.8) is 0 Å². The smallest absolute Gasteiger partial charge is 0.415 e. The van der Waals surface area contributed by atoms with E-state index in [9.17, 15) is 44.7 Å². The van der Waals surface area contributed by atoms with Crippen LogP contribution in [0.1, 0.15) is 175 Å². The number of ether oxygens (including phenoxy) is 3. The number of amides is 3. The first-order chi connectivity index (χ1) is 34.1. The van der Waals surface area contributed by atoms with Crippen LogP contribution in [-0.2, 0) is 30.7 Å². The van der Waals surface area contributed by atoms with Crippen molar-refractivity contribution in [2.45, 2.75) is 194 Å². The van der Waals surface area contributed by atoms with E-state index in [0.717, 1.165) is 25.7 Å². The molecule has 5 N–H and O–H groups in total. The number of fused-ring (bicyclic) bond motifs is 6. The van der Waals surface area contributed by atoms with E-state index in [0.29, 0.717) is 85.4 Å². The van der Waals surface area contributed by atoms with Crippen molar-refractivity contribution in [2.24, 2.45) is 0 Å². The molecule has 5 aliphatic heterocycles. The number of carboxylic acid groups (broad SMARTS) is 1. The second kappa shape index (κ2) is 22.6. The number of rotatable bonds is 19. The fraction of sp³-hybridized carbons (Fsp3) is 0.579. The lowest BCUT2D eigenvalue weighted by atomic mass is 9.84. The Morgan fingerprint density at radius 3 is 1.82 bits per heavy atom. The monoisotopic (exact) mass is 996 g/mol. The van der Waals surface area contributed by atoms with Gasteiger partial charge in [-0.1, -0.05) is 46.6 Å². The number of aliphatic hydroxyl groups excluding tert-OH is 3. The van der Waals surface area contributed by atoms with Crippen LogP contribution in [0.2, 0.25) is 0 Å². The van der Waals surface area contributed by atoms with Crippen molar-refractivity contribution in [3.05, 3.63) is 92.1 Å². The summed E-state index contributed by atoms with van der Waals surface area (Å²) in [7, 11) is 0. The van der Waals surface area contributed by atoms with E-state index in [1.165, 1.54) is 44.2 Å². The van der Waals surface area contributed by atoms with Gasteiger partial charge in [0.1, 0.15) is 40.2 Å². The fourth-order valence-electron chi connectivity index (χ4n) is 10.7. The number of aliphatic carboxylic acids is 1. The predicted octanol–water partition coefficient (Wildman–Crippen LogP) is 9.25. The second-order valence-corrected chi connectivity index (χ2v) is 21.8. The molecule has 0 bridgehead atoms. The van der Waals surface area contributed by atoms with Crippen LogP contribution < -0.4 is 14.2 Å². The minimum Gasteiger partial charge on any atom is -0.508 e. The Labute approximate surface area is 424 Å². The van der Waals surface area contributed by atoms with Gasteiger partial charge in [-0.15, -0.1) is 0 Å². The summed E-state index contributed by atoms with van der Waals surface area (Å²) in [5.41, 5.74) is 5.30. The maximum absolute atomic E-state index is 14.3. The molecule has 2 aromatic rings. The lowest BCUT2D eigenvalue weighted by molar-refractivity contribution is -0.142. The maximum Gasteiger partial charge on any atom is 0.415 e. The number of piperidine rings is 1. The largest absolute Gasteiger partial charge is 0.508 e. The number of aromatic hydroxyl groups is 1. The molecule has 2 aromatic carbocycles. The van der Waals surface area contributed by atoms with Gasteiger partial charge < -0.3 is 54.4 Å². The van der Waals surface area contributed by atoms with Gasteiger partial charge in [-0.05, 0) is 145 Å². The Morgan fingerprint density at radius 2 is 1.26 bits per heavy atom. The van der Waals surface area contributed by atoms with Crippen LogP contribution in [0.4, 0.5) is 4.79 Å².